The van der Waals surface area contributed by atoms with Gasteiger partial charge >= 0.3 is 5.97 Å². The number of aliphatic carboxylic acids is 1. The van der Waals surface area contributed by atoms with Gasteiger partial charge in [-0.15, -0.1) is 0 Å². The van der Waals surface area contributed by atoms with Crippen molar-refractivity contribution in [2.45, 2.75) is 64.6 Å². The third-order valence-corrected chi connectivity index (χ3v) is 2.07. The first-order valence-electron chi connectivity index (χ1n) is 6.63. The molecule has 78 valence electrons. The minimum absolute atomic E-state index is 0.263. The van der Waals surface area contributed by atoms with Crippen LogP contribution in [0.2, 0.25) is 0 Å². The van der Waals surface area contributed by atoms with E-state index < -0.39 is 12.8 Å². The second-order valence-corrected chi connectivity index (χ2v) is 3.37. The maximum Gasteiger partial charge on any atom is 0.303 e. The van der Waals surface area contributed by atoms with Gasteiger partial charge in [0.2, 0.25) is 0 Å². The van der Waals surface area contributed by atoms with Crippen LogP contribution in [0.5, 0.6) is 0 Å². The van der Waals surface area contributed by atoms with Gasteiger partial charge in [0.1, 0.15) is 0 Å². The Labute approximate surface area is 85.6 Å². The molecule has 0 aliphatic heterocycles. The molecule has 0 fully saturated rings. The van der Waals surface area contributed by atoms with Gasteiger partial charge in [-0.1, -0.05) is 51.8 Å². The van der Waals surface area contributed by atoms with Crippen molar-refractivity contribution in [1.29, 1.82) is 0 Å². The molecule has 0 heterocycles. The van der Waals surface area contributed by atoms with Crippen LogP contribution in [0.15, 0.2) is 0 Å². The maximum absolute atomic E-state index is 10.2. The zero-order valence-corrected chi connectivity index (χ0v) is 8.22. The summed E-state index contributed by atoms with van der Waals surface area (Å²) < 4.78 is 21.1. The Morgan fingerprint density at radius 3 is 2.15 bits per heavy atom. The number of unbranched alkanes of at least 4 members (excludes halogenated alkanes) is 6. The van der Waals surface area contributed by atoms with Crippen molar-refractivity contribution in [3.05, 3.63) is 0 Å². The number of carboxylic acids is 1. The van der Waals surface area contributed by atoms with E-state index in [0.717, 1.165) is 44.9 Å². The Kier molecular flexibility index (Phi) is 5.76. The summed E-state index contributed by atoms with van der Waals surface area (Å²) in [5.41, 5.74) is 0. The minimum Gasteiger partial charge on any atom is -0.481 e. The summed E-state index contributed by atoms with van der Waals surface area (Å²) in [7, 11) is 0. The van der Waals surface area contributed by atoms with E-state index in [1.807, 2.05) is 0 Å². The van der Waals surface area contributed by atoms with E-state index in [1.165, 1.54) is 0 Å². The lowest BCUT2D eigenvalue weighted by Gasteiger charge is -1.99. The summed E-state index contributed by atoms with van der Waals surface area (Å²) >= 11 is 0. The first kappa shape index (κ1) is 7.84. The molecule has 0 aromatic carbocycles. The van der Waals surface area contributed by atoms with Crippen LogP contribution in [-0.4, -0.2) is 11.1 Å². The monoisotopic (exact) mass is 189 g/mol. The summed E-state index contributed by atoms with van der Waals surface area (Å²) in [6, 6.07) is 0. The van der Waals surface area contributed by atoms with E-state index in [9.17, 15) is 4.79 Å². The lowest BCUT2D eigenvalue weighted by Crippen LogP contribution is -1.93. The van der Waals surface area contributed by atoms with Crippen LogP contribution < -0.4 is 0 Å². The fraction of sp³-hybridized carbons (Fsp3) is 0.909. The molecule has 2 nitrogen and oxygen atoms in total. The van der Waals surface area contributed by atoms with E-state index in [0.29, 0.717) is 6.42 Å². The molecule has 13 heavy (non-hydrogen) atoms. The lowest BCUT2D eigenvalue weighted by molar-refractivity contribution is -0.137. The molecule has 0 saturated heterocycles. The van der Waals surface area contributed by atoms with Gasteiger partial charge in [-0.25, -0.2) is 0 Å². The van der Waals surface area contributed by atoms with Crippen molar-refractivity contribution < 1.29 is 14.0 Å². The zero-order chi connectivity index (χ0) is 12.4. The molecule has 0 saturated carbocycles. The van der Waals surface area contributed by atoms with Crippen LogP contribution in [-0.2, 0) is 4.79 Å². The largest absolute Gasteiger partial charge is 0.481 e. The van der Waals surface area contributed by atoms with Gasteiger partial charge in [0.25, 0.3) is 0 Å². The quantitative estimate of drug-likeness (QED) is 0.563. The highest BCUT2D eigenvalue weighted by molar-refractivity contribution is 5.66. The lowest BCUT2D eigenvalue weighted by atomic mass is 10.1. The molecule has 0 amide bonds. The Morgan fingerprint density at radius 1 is 1.08 bits per heavy atom. The van der Waals surface area contributed by atoms with Crippen molar-refractivity contribution in [1.82, 2.24) is 0 Å². The molecular formula is C11H22O2. The van der Waals surface area contributed by atoms with Crippen LogP contribution >= 0.6 is 0 Å². The Hall–Kier alpha value is -0.530. The minimum atomic E-state index is -1.78. The average molecular weight is 189 g/mol. The van der Waals surface area contributed by atoms with Crippen LogP contribution in [0.4, 0.5) is 0 Å². The number of hydrogen-bond acceptors (Lipinski definition) is 1. The molecule has 0 spiro atoms. The molecule has 0 aliphatic carbocycles. The van der Waals surface area contributed by atoms with Crippen molar-refractivity contribution in [3.8, 4) is 0 Å². The van der Waals surface area contributed by atoms with E-state index in [4.69, 9.17) is 9.22 Å². The summed E-state index contributed by atoms with van der Waals surface area (Å²) in [4.78, 5) is 10.2. The molecule has 0 aromatic heterocycles. The van der Waals surface area contributed by atoms with Crippen molar-refractivity contribution >= 4 is 5.97 Å². The Bertz CT molecular complexity index is 190. The number of hydrogen-bond donors (Lipinski definition) is 1. The number of carboxylic acid groups (broad SMARTS) is 1. The smallest absolute Gasteiger partial charge is 0.303 e. The van der Waals surface area contributed by atoms with Crippen LogP contribution in [0.25, 0.3) is 0 Å². The van der Waals surface area contributed by atoms with Crippen molar-refractivity contribution in [2.24, 2.45) is 0 Å². The van der Waals surface area contributed by atoms with Crippen molar-refractivity contribution in [2.75, 3.05) is 0 Å². The fourth-order valence-corrected chi connectivity index (χ4v) is 1.29. The molecule has 2 heteroatoms. The molecule has 0 aromatic rings. The second-order valence-electron chi connectivity index (χ2n) is 3.37. The third kappa shape index (κ3) is 11.5. The fourth-order valence-electron chi connectivity index (χ4n) is 1.29. The first-order valence-corrected chi connectivity index (χ1v) is 5.13. The topological polar surface area (TPSA) is 37.3 Å². The van der Waals surface area contributed by atoms with Crippen LogP contribution in [0, 0.1) is 0 Å². The molecule has 0 atom stereocenters. The normalized spacial score (nSPS) is 14.6. The van der Waals surface area contributed by atoms with Gasteiger partial charge in [-0.2, -0.15) is 0 Å². The summed E-state index contributed by atoms with van der Waals surface area (Å²) in [6.07, 6.45) is 7.23. The van der Waals surface area contributed by atoms with Gasteiger partial charge in [0.05, 0.1) is 0 Å². The highest BCUT2D eigenvalue weighted by Gasteiger charge is 1.95. The standard InChI is InChI=1S/C11H22O2/c1-2-3-4-5-6-7-8-9-10-11(12)13/h2-10H2,1H3,(H,12,13)/i1D3. The summed E-state index contributed by atoms with van der Waals surface area (Å²) in [6.45, 7) is -1.78. The van der Waals surface area contributed by atoms with Crippen molar-refractivity contribution in [3.63, 3.8) is 0 Å². The molecule has 0 unspecified atom stereocenters. The first-order chi connectivity index (χ1) is 7.42. The molecule has 0 bridgehead atoms. The van der Waals surface area contributed by atoms with E-state index in [1.54, 1.807) is 0 Å². The van der Waals surface area contributed by atoms with Gasteiger partial charge in [0, 0.05) is 10.5 Å². The predicted octanol–water partition coefficient (Wildman–Crippen LogP) is 3.60. The third-order valence-electron chi connectivity index (χ3n) is 2.07. The van der Waals surface area contributed by atoms with Gasteiger partial charge < -0.3 is 5.11 Å². The average Bonchev–Trinajstić information content (AvgIpc) is 2.13. The van der Waals surface area contributed by atoms with Crippen LogP contribution in [0.3, 0.4) is 0 Å². The van der Waals surface area contributed by atoms with Gasteiger partial charge in [0.15, 0.2) is 0 Å². The highest BCUT2D eigenvalue weighted by Crippen LogP contribution is 2.09. The molecular weight excluding hydrogens is 164 g/mol. The number of rotatable bonds is 9. The zero-order valence-electron chi connectivity index (χ0n) is 11.2. The predicted molar refractivity (Wildman–Crippen MR) is 54.9 cm³/mol. The summed E-state index contributed by atoms with van der Waals surface area (Å²) in [5.74, 6) is -0.724. The molecule has 0 radical (unpaired) electrons. The van der Waals surface area contributed by atoms with E-state index in [2.05, 4.69) is 0 Å². The Balaban J connectivity index is 3.07. The van der Waals surface area contributed by atoms with E-state index in [-0.39, 0.29) is 6.42 Å². The number of carbonyl (C=O) groups is 1. The van der Waals surface area contributed by atoms with Crippen LogP contribution in [0.1, 0.15) is 68.8 Å². The van der Waals surface area contributed by atoms with E-state index >= 15 is 0 Å². The molecule has 0 aliphatic rings. The summed E-state index contributed by atoms with van der Waals surface area (Å²) in [5, 5.41) is 8.41. The SMILES string of the molecule is [2H]C([2H])([2H])CCCCCCCCCC(=O)O. The second kappa shape index (κ2) is 9.56. The van der Waals surface area contributed by atoms with Gasteiger partial charge in [-0.05, 0) is 6.42 Å². The Morgan fingerprint density at radius 2 is 1.62 bits per heavy atom. The maximum atomic E-state index is 10.2. The molecule has 1 N–H and O–H groups in total. The van der Waals surface area contributed by atoms with Gasteiger partial charge in [-0.3, -0.25) is 4.79 Å². The molecule has 0 rings (SSSR count). The highest BCUT2D eigenvalue weighted by atomic mass is 16.4.